The van der Waals surface area contributed by atoms with Crippen LogP contribution < -0.4 is 9.80 Å². The molecule has 1 N–H and O–H groups in total. The number of phenols is 1. The number of anilines is 2. The van der Waals surface area contributed by atoms with E-state index in [1.165, 1.54) is 17.3 Å². The van der Waals surface area contributed by atoms with Gasteiger partial charge < -0.3 is 14.9 Å². The van der Waals surface area contributed by atoms with E-state index in [2.05, 4.69) is 50.1 Å². The molecular weight excluding hydrogens is 400 g/mol. The van der Waals surface area contributed by atoms with Crippen LogP contribution in [0.25, 0.3) is 11.3 Å². The largest absolute Gasteiger partial charge is 0.507 e. The van der Waals surface area contributed by atoms with Gasteiger partial charge in [0.1, 0.15) is 5.75 Å². The highest BCUT2D eigenvalue weighted by atomic mass is 16.3. The average Bonchev–Trinajstić information content (AvgIpc) is 2.85. The molecule has 1 fully saturated rings. The van der Waals surface area contributed by atoms with Crippen LogP contribution in [-0.2, 0) is 6.42 Å². The summed E-state index contributed by atoms with van der Waals surface area (Å²) in [6.45, 7) is 5.07. The summed E-state index contributed by atoms with van der Waals surface area (Å²) in [6.07, 6.45) is 8.01. The van der Waals surface area contributed by atoms with Gasteiger partial charge in [-0.2, -0.15) is 5.26 Å². The van der Waals surface area contributed by atoms with Crippen molar-refractivity contribution in [3.63, 3.8) is 0 Å². The summed E-state index contributed by atoms with van der Waals surface area (Å²) >= 11 is 0. The van der Waals surface area contributed by atoms with Gasteiger partial charge in [0.15, 0.2) is 5.82 Å². The molecule has 0 unspecified atom stereocenters. The van der Waals surface area contributed by atoms with E-state index >= 15 is 0 Å². The maximum absolute atomic E-state index is 10.5. The van der Waals surface area contributed by atoms with Gasteiger partial charge in [-0.25, -0.2) is 0 Å². The molecule has 2 aliphatic heterocycles. The Morgan fingerprint density at radius 1 is 1.09 bits per heavy atom. The predicted molar refractivity (Wildman–Crippen MR) is 124 cm³/mol. The van der Waals surface area contributed by atoms with Crippen LogP contribution in [-0.4, -0.2) is 46.0 Å². The Balaban J connectivity index is 1.46. The fourth-order valence-corrected chi connectivity index (χ4v) is 5.02. The van der Waals surface area contributed by atoms with Gasteiger partial charge in [0.25, 0.3) is 0 Å². The van der Waals surface area contributed by atoms with Crippen LogP contribution >= 0.6 is 0 Å². The minimum atomic E-state index is 0.0642. The number of rotatable bonds is 3. The number of hydrogen-bond acceptors (Lipinski definition) is 7. The maximum Gasteiger partial charge on any atom is 0.155 e. The molecule has 7 heteroatoms. The van der Waals surface area contributed by atoms with Crippen LogP contribution in [0.3, 0.4) is 0 Å². The van der Waals surface area contributed by atoms with Gasteiger partial charge in [0.2, 0.25) is 0 Å². The molecule has 4 heterocycles. The van der Waals surface area contributed by atoms with Crippen molar-refractivity contribution in [3.8, 4) is 23.1 Å². The van der Waals surface area contributed by atoms with Gasteiger partial charge >= 0.3 is 0 Å². The summed E-state index contributed by atoms with van der Waals surface area (Å²) in [6, 6.07) is 11.5. The summed E-state index contributed by atoms with van der Waals surface area (Å²) in [7, 11) is 0. The van der Waals surface area contributed by atoms with E-state index in [-0.39, 0.29) is 5.75 Å². The van der Waals surface area contributed by atoms with E-state index in [1.807, 2.05) is 12.4 Å². The summed E-state index contributed by atoms with van der Waals surface area (Å²) in [5, 5.41) is 28.7. The fourth-order valence-electron chi connectivity index (χ4n) is 5.02. The number of pyridine rings is 1. The molecule has 0 radical (unpaired) electrons. The maximum atomic E-state index is 10.5. The normalized spacial score (nSPS) is 18.2. The van der Waals surface area contributed by atoms with Crippen LogP contribution in [0.5, 0.6) is 5.75 Å². The van der Waals surface area contributed by atoms with Gasteiger partial charge in [-0.3, -0.25) is 4.98 Å². The molecule has 2 aromatic heterocycles. The third-order valence-corrected chi connectivity index (χ3v) is 6.67. The van der Waals surface area contributed by atoms with E-state index in [0.29, 0.717) is 22.9 Å². The summed E-state index contributed by atoms with van der Waals surface area (Å²) in [4.78, 5) is 9.03. The molecule has 1 atom stereocenters. The van der Waals surface area contributed by atoms with Crippen molar-refractivity contribution >= 4 is 11.5 Å². The molecule has 0 amide bonds. The van der Waals surface area contributed by atoms with E-state index in [4.69, 9.17) is 5.26 Å². The SMILES string of the molecule is Cc1c(-c2ccc(C#N)cc2O)nnc2c1CCCN2[C@H]1CCCN(c2ccncc2)C1. The van der Waals surface area contributed by atoms with E-state index < -0.39 is 0 Å². The molecule has 0 spiro atoms. The first-order chi connectivity index (χ1) is 15.7. The number of nitriles is 1. The molecular formula is C25H26N6O. The average molecular weight is 427 g/mol. The van der Waals surface area contributed by atoms with E-state index in [0.717, 1.165) is 56.7 Å². The van der Waals surface area contributed by atoms with Crippen LogP contribution in [0.15, 0.2) is 42.7 Å². The second-order valence-corrected chi connectivity index (χ2v) is 8.56. The standard InChI is InChI=1S/C25H26N6O/c1-17-21-5-3-13-31(20-4-2-12-30(16-20)19-8-10-27-11-9-19)25(21)29-28-24(17)22-7-6-18(15-26)14-23(22)32/h6-11,14,20,32H,2-5,12-13,16H2,1H3/t20-/m0/s1. The topological polar surface area (TPSA) is 89.2 Å². The number of nitrogens with zero attached hydrogens (tertiary/aromatic N) is 6. The first-order valence-electron chi connectivity index (χ1n) is 11.2. The summed E-state index contributed by atoms with van der Waals surface area (Å²) < 4.78 is 0. The zero-order valence-electron chi connectivity index (χ0n) is 18.2. The minimum Gasteiger partial charge on any atom is -0.507 e. The lowest BCUT2D eigenvalue weighted by molar-refractivity contribution is 0.455. The molecule has 0 saturated carbocycles. The van der Waals surface area contributed by atoms with Crippen molar-refractivity contribution in [1.29, 1.82) is 5.26 Å². The van der Waals surface area contributed by atoms with Crippen molar-refractivity contribution in [3.05, 3.63) is 59.4 Å². The molecule has 5 rings (SSSR count). The lowest BCUT2D eigenvalue weighted by Crippen LogP contribution is -2.50. The Labute approximate surface area is 188 Å². The predicted octanol–water partition coefficient (Wildman–Crippen LogP) is 3.85. The Hall–Kier alpha value is -3.66. The second-order valence-electron chi connectivity index (χ2n) is 8.56. The van der Waals surface area contributed by atoms with Crippen molar-refractivity contribution in [1.82, 2.24) is 15.2 Å². The quantitative estimate of drug-likeness (QED) is 0.680. The minimum absolute atomic E-state index is 0.0642. The number of fused-ring (bicyclic) bond motifs is 1. The number of piperidine rings is 1. The van der Waals surface area contributed by atoms with Crippen molar-refractivity contribution in [2.45, 2.75) is 38.6 Å². The van der Waals surface area contributed by atoms with Gasteiger partial charge in [0.05, 0.1) is 17.3 Å². The third-order valence-electron chi connectivity index (χ3n) is 6.67. The Bertz CT molecular complexity index is 1170. The Morgan fingerprint density at radius 2 is 1.94 bits per heavy atom. The van der Waals surface area contributed by atoms with Crippen molar-refractivity contribution < 1.29 is 5.11 Å². The highest BCUT2D eigenvalue weighted by Gasteiger charge is 2.31. The van der Waals surface area contributed by atoms with Gasteiger partial charge in [-0.1, -0.05) is 0 Å². The van der Waals surface area contributed by atoms with Gasteiger partial charge in [0, 0.05) is 54.9 Å². The molecule has 32 heavy (non-hydrogen) atoms. The first-order valence-corrected chi connectivity index (χ1v) is 11.2. The zero-order chi connectivity index (χ0) is 22.1. The van der Waals surface area contributed by atoms with E-state index in [1.54, 1.807) is 12.1 Å². The third kappa shape index (κ3) is 3.62. The lowest BCUT2D eigenvalue weighted by Gasteiger charge is -2.43. The van der Waals surface area contributed by atoms with Crippen molar-refractivity contribution in [2.75, 3.05) is 29.4 Å². The van der Waals surface area contributed by atoms with Crippen LogP contribution in [0.1, 0.15) is 36.0 Å². The highest BCUT2D eigenvalue weighted by molar-refractivity contribution is 5.73. The molecule has 2 aliphatic rings. The highest BCUT2D eigenvalue weighted by Crippen LogP contribution is 2.37. The summed E-state index contributed by atoms with van der Waals surface area (Å²) in [5.41, 5.74) is 5.23. The zero-order valence-corrected chi connectivity index (χ0v) is 18.2. The van der Waals surface area contributed by atoms with E-state index in [9.17, 15) is 5.11 Å². The second kappa shape index (κ2) is 8.46. The molecule has 3 aromatic rings. The number of phenolic OH excluding ortho intramolecular Hbond substituents is 1. The molecule has 1 saturated heterocycles. The molecule has 0 bridgehead atoms. The molecule has 162 valence electrons. The van der Waals surface area contributed by atoms with Crippen LogP contribution in [0.2, 0.25) is 0 Å². The van der Waals surface area contributed by atoms with Crippen molar-refractivity contribution in [2.24, 2.45) is 0 Å². The number of benzene rings is 1. The van der Waals surface area contributed by atoms with Crippen LogP contribution in [0.4, 0.5) is 11.5 Å². The first kappa shape index (κ1) is 20.3. The Kier molecular flexibility index (Phi) is 5.36. The number of aromatic nitrogens is 3. The molecule has 7 nitrogen and oxygen atoms in total. The lowest BCUT2D eigenvalue weighted by atomic mass is 9.94. The van der Waals surface area contributed by atoms with Gasteiger partial charge in [-0.05, 0) is 68.5 Å². The summed E-state index contributed by atoms with van der Waals surface area (Å²) in [5.74, 6) is 1.04. The fraction of sp³-hybridized carbons (Fsp3) is 0.360. The number of hydrogen-bond donors (Lipinski definition) is 1. The van der Waals surface area contributed by atoms with Crippen LogP contribution in [0, 0.1) is 18.3 Å². The van der Waals surface area contributed by atoms with Gasteiger partial charge in [-0.15, -0.1) is 10.2 Å². The number of aromatic hydroxyl groups is 1. The Morgan fingerprint density at radius 3 is 2.72 bits per heavy atom. The molecule has 0 aliphatic carbocycles. The monoisotopic (exact) mass is 426 g/mol. The smallest absolute Gasteiger partial charge is 0.155 e. The molecule has 1 aromatic carbocycles.